The van der Waals surface area contributed by atoms with Crippen molar-refractivity contribution in [2.24, 2.45) is 0 Å². The van der Waals surface area contributed by atoms with Crippen molar-refractivity contribution in [3.8, 4) is 6.07 Å². The number of benzene rings is 2. The molecule has 148 valence electrons. The van der Waals surface area contributed by atoms with Gasteiger partial charge in [-0.2, -0.15) is 5.26 Å². The maximum Gasteiger partial charge on any atom is 0.347 e. The van der Waals surface area contributed by atoms with Crippen molar-refractivity contribution >= 4 is 27.5 Å². The van der Waals surface area contributed by atoms with Crippen LogP contribution in [0, 0.1) is 11.3 Å². The summed E-state index contributed by atoms with van der Waals surface area (Å²) in [5.74, 6) is -0.732. The molecule has 0 radical (unpaired) electrons. The number of ketones is 1. The first-order chi connectivity index (χ1) is 14.7. The van der Waals surface area contributed by atoms with E-state index >= 15 is 0 Å². The summed E-state index contributed by atoms with van der Waals surface area (Å²) in [7, 11) is 0. The summed E-state index contributed by atoms with van der Waals surface area (Å²) in [5.41, 5.74) is -0.491. The van der Waals surface area contributed by atoms with Gasteiger partial charge in [0, 0.05) is 18.4 Å². The first kappa shape index (κ1) is 18.3. The lowest BCUT2D eigenvalue weighted by Crippen LogP contribution is -2.22. The second kappa shape index (κ2) is 7.23. The summed E-state index contributed by atoms with van der Waals surface area (Å²) in [6.07, 6.45) is 3.78. The van der Waals surface area contributed by atoms with E-state index in [-0.39, 0.29) is 5.56 Å². The van der Waals surface area contributed by atoms with Crippen LogP contribution >= 0.6 is 0 Å². The van der Waals surface area contributed by atoms with Crippen LogP contribution in [0.25, 0.3) is 21.7 Å². The molecule has 0 N–H and O–H groups in total. The molecule has 7 heteroatoms. The van der Waals surface area contributed by atoms with Gasteiger partial charge in [0.05, 0.1) is 6.07 Å². The van der Waals surface area contributed by atoms with Crippen molar-refractivity contribution in [2.45, 2.75) is 38.1 Å². The number of nitrogens with zero attached hydrogens (tertiary/aromatic N) is 4. The Hall–Kier alpha value is -3.79. The molecule has 2 aromatic carbocycles. The van der Waals surface area contributed by atoms with Gasteiger partial charge < -0.3 is 8.98 Å². The molecule has 1 aliphatic heterocycles. The first-order valence-electron chi connectivity index (χ1n) is 9.99. The van der Waals surface area contributed by atoms with Gasteiger partial charge >= 0.3 is 5.63 Å². The molecule has 2 aromatic heterocycles. The van der Waals surface area contributed by atoms with Gasteiger partial charge in [0.15, 0.2) is 17.5 Å². The van der Waals surface area contributed by atoms with Crippen molar-refractivity contribution < 1.29 is 9.21 Å². The normalized spacial score (nSPS) is 14.8. The monoisotopic (exact) mass is 398 g/mol. The fourth-order valence-corrected chi connectivity index (χ4v) is 4.15. The topological polar surface area (TPSA) is 102 Å². The highest BCUT2D eigenvalue weighted by atomic mass is 16.4. The summed E-state index contributed by atoms with van der Waals surface area (Å²) in [6, 6.07) is 14.8. The number of aromatic nitrogens is 3. The van der Waals surface area contributed by atoms with Gasteiger partial charge in [-0.1, -0.05) is 36.8 Å². The number of carbonyl (C=O) groups is 1. The molecule has 1 atom stereocenters. The summed E-state index contributed by atoms with van der Waals surface area (Å²) in [6.45, 7) is 0.667. The van der Waals surface area contributed by atoms with E-state index in [0.717, 1.165) is 42.3 Å². The average molecular weight is 398 g/mol. The molecule has 0 saturated heterocycles. The van der Waals surface area contributed by atoms with Gasteiger partial charge in [-0.15, -0.1) is 10.2 Å². The number of fused-ring (bicyclic) bond motifs is 4. The van der Waals surface area contributed by atoms with Crippen LogP contribution in [-0.2, 0) is 13.0 Å². The average Bonchev–Trinajstić information content (AvgIpc) is 3.01. The van der Waals surface area contributed by atoms with E-state index in [1.54, 1.807) is 6.07 Å². The molecule has 4 aromatic rings. The van der Waals surface area contributed by atoms with Gasteiger partial charge in [-0.05, 0) is 35.7 Å². The number of aryl methyl sites for hydroxylation is 1. The largest absolute Gasteiger partial charge is 0.422 e. The minimum absolute atomic E-state index is 0.142. The highest BCUT2D eigenvalue weighted by molar-refractivity contribution is 6.09. The minimum atomic E-state index is -1.21. The van der Waals surface area contributed by atoms with Gasteiger partial charge in [-0.3, -0.25) is 4.79 Å². The maximum atomic E-state index is 13.3. The van der Waals surface area contributed by atoms with E-state index in [2.05, 4.69) is 10.2 Å². The van der Waals surface area contributed by atoms with E-state index < -0.39 is 17.3 Å². The van der Waals surface area contributed by atoms with Crippen molar-refractivity contribution in [1.29, 1.82) is 5.26 Å². The zero-order valence-corrected chi connectivity index (χ0v) is 16.2. The van der Waals surface area contributed by atoms with Crippen LogP contribution in [0.5, 0.6) is 0 Å². The third-order valence-corrected chi connectivity index (χ3v) is 5.69. The Morgan fingerprint density at radius 1 is 1.10 bits per heavy atom. The molecular weight excluding hydrogens is 380 g/mol. The molecular formula is C23H18N4O3. The van der Waals surface area contributed by atoms with Crippen LogP contribution < -0.4 is 5.63 Å². The zero-order chi connectivity index (χ0) is 20.7. The van der Waals surface area contributed by atoms with E-state index in [1.165, 1.54) is 6.07 Å². The molecule has 0 spiro atoms. The van der Waals surface area contributed by atoms with Gasteiger partial charge in [0.1, 0.15) is 17.0 Å². The molecule has 0 fully saturated rings. The lowest BCUT2D eigenvalue weighted by Gasteiger charge is -2.11. The number of hydrogen-bond donors (Lipinski definition) is 0. The quantitative estimate of drug-likeness (QED) is 0.296. The van der Waals surface area contributed by atoms with E-state index in [4.69, 9.17) is 4.42 Å². The lowest BCUT2D eigenvalue weighted by atomic mass is 9.97. The number of carbonyl (C=O) groups excluding carboxylic acids is 1. The van der Waals surface area contributed by atoms with E-state index in [0.29, 0.717) is 23.3 Å². The molecule has 30 heavy (non-hydrogen) atoms. The number of hydrogen-bond acceptors (Lipinski definition) is 6. The highest BCUT2D eigenvalue weighted by Crippen LogP contribution is 2.27. The number of Topliss-reactive ketones (excluding diaryl/α,β-unsaturated/α-hetero) is 1. The molecule has 0 amide bonds. The predicted octanol–water partition coefficient (Wildman–Crippen LogP) is 3.75. The molecule has 0 bridgehead atoms. The number of nitriles is 1. The zero-order valence-electron chi connectivity index (χ0n) is 16.2. The van der Waals surface area contributed by atoms with Crippen LogP contribution in [-0.4, -0.2) is 20.5 Å². The molecule has 1 unspecified atom stereocenters. The lowest BCUT2D eigenvalue weighted by molar-refractivity contribution is 0.0971. The van der Waals surface area contributed by atoms with Crippen LogP contribution in [0.1, 0.15) is 47.2 Å². The second-order valence-corrected chi connectivity index (χ2v) is 7.51. The SMILES string of the molecule is N#CC(C(=O)c1cc2c(ccc3ccccc32)oc1=O)c1nnc2n1CCCCC2. The van der Waals surface area contributed by atoms with Crippen LogP contribution in [0.2, 0.25) is 0 Å². The Bertz CT molecular complexity index is 1390. The Labute approximate surface area is 171 Å². The predicted molar refractivity (Wildman–Crippen MR) is 110 cm³/mol. The second-order valence-electron chi connectivity index (χ2n) is 7.51. The molecule has 0 saturated carbocycles. The van der Waals surface area contributed by atoms with Crippen molar-refractivity contribution in [3.05, 3.63) is 70.1 Å². The third kappa shape index (κ3) is 2.89. The Kier molecular flexibility index (Phi) is 4.40. The molecule has 5 rings (SSSR count). The smallest absolute Gasteiger partial charge is 0.347 e. The summed E-state index contributed by atoms with van der Waals surface area (Å²) in [5, 5.41) is 20.6. The van der Waals surface area contributed by atoms with E-state index in [1.807, 2.05) is 41.0 Å². The summed E-state index contributed by atoms with van der Waals surface area (Å²) >= 11 is 0. The van der Waals surface area contributed by atoms with Crippen LogP contribution in [0.4, 0.5) is 0 Å². The standard InChI is InChI=1S/C23H18N4O3/c24-13-18(22-26-25-20-8-2-1-5-11-27(20)22)21(28)17-12-16-15-7-4-3-6-14(15)9-10-19(16)30-23(17)29/h3-4,6-7,9-10,12,18H,1-2,5,8,11H2. The fraction of sp³-hybridized carbons (Fsp3) is 0.261. The summed E-state index contributed by atoms with van der Waals surface area (Å²) in [4.78, 5) is 25.9. The van der Waals surface area contributed by atoms with Crippen LogP contribution in [0.15, 0.2) is 51.7 Å². The number of rotatable bonds is 3. The van der Waals surface area contributed by atoms with Crippen molar-refractivity contribution in [1.82, 2.24) is 14.8 Å². The highest BCUT2D eigenvalue weighted by Gasteiger charge is 2.31. The van der Waals surface area contributed by atoms with Gasteiger partial charge in [0.25, 0.3) is 0 Å². The Balaban J connectivity index is 1.64. The van der Waals surface area contributed by atoms with Crippen molar-refractivity contribution in [2.75, 3.05) is 0 Å². The Morgan fingerprint density at radius 2 is 1.97 bits per heavy atom. The fourth-order valence-electron chi connectivity index (χ4n) is 4.15. The Morgan fingerprint density at radius 3 is 2.83 bits per heavy atom. The first-order valence-corrected chi connectivity index (χ1v) is 9.99. The minimum Gasteiger partial charge on any atom is -0.422 e. The molecule has 7 nitrogen and oxygen atoms in total. The van der Waals surface area contributed by atoms with Crippen LogP contribution in [0.3, 0.4) is 0 Å². The molecule has 3 heterocycles. The van der Waals surface area contributed by atoms with Gasteiger partial charge in [-0.25, -0.2) is 4.79 Å². The maximum absolute atomic E-state index is 13.3. The molecule has 1 aliphatic rings. The third-order valence-electron chi connectivity index (χ3n) is 5.69. The van der Waals surface area contributed by atoms with Crippen molar-refractivity contribution in [3.63, 3.8) is 0 Å². The summed E-state index contributed by atoms with van der Waals surface area (Å²) < 4.78 is 7.30. The molecule has 0 aliphatic carbocycles. The van der Waals surface area contributed by atoms with Gasteiger partial charge in [0.2, 0.25) is 0 Å². The van der Waals surface area contributed by atoms with E-state index in [9.17, 15) is 14.9 Å².